The molecule has 0 aromatic heterocycles. The number of ketones is 1. The molecule has 0 saturated heterocycles. The van der Waals surface area contributed by atoms with Crippen molar-refractivity contribution in [2.24, 2.45) is 11.3 Å². The number of hydrogen-bond donors (Lipinski definition) is 1. The van der Waals surface area contributed by atoms with Crippen LogP contribution in [-0.2, 0) is 14.3 Å². The molecule has 5 nitrogen and oxygen atoms in total. The second-order valence-electron chi connectivity index (χ2n) is 9.84. The largest absolute Gasteiger partial charge is 0.462 e. The molecule has 0 radical (unpaired) electrons. The third-order valence-electron chi connectivity index (χ3n) is 7.11. The standard InChI is InChI=1S/C28H41Cl2NO4/c1-4-6-7-8-9-10-11-12-13-14-17-35-27(34)21-18-24(23(30)19-22(21)29)31-26(33)20(3)25(32)28(5-2)15-16-28/h18-20H,4-17H2,1-3H3,(H,31,33). The number of halogens is 2. The summed E-state index contributed by atoms with van der Waals surface area (Å²) in [6, 6.07) is 2.84. The van der Waals surface area contributed by atoms with Gasteiger partial charge < -0.3 is 10.1 Å². The minimum Gasteiger partial charge on any atom is -0.462 e. The van der Waals surface area contributed by atoms with Crippen LogP contribution in [0, 0.1) is 11.3 Å². The molecular formula is C28H41Cl2NO4. The first kappa shape index (κ1) is 29.6. The number of ether oxygens (including phenoxy) is 1. The van der Waals surface area contributed by atoms with Gasteiger partial charge in [0.1, 0.15) is 0 Å². The topological polar surface area (TPSA) is 72.5 Å². The first-order valence-corrected chi connectivity index (χ1v) is 14.0. The Hall–Kier alpha value is -1.59. The van der Waals surface area contributed by atoms with Crippen molar-refractivity contribution in [3.8, 4) is 0 Å². The molecule has 2 rings (SSSR count). The Labute approximate surface area is 220 Å². The molecule has 1 fully saturated rings. The van der Waals surface area contributed by atoms with Gasteiger partial charge in [-0.1, -0.05) is 94.8 Å². The lowest BCUT2D eigenvalue weighted by molar-refractivity contribution is -0.134. The maximum Gasteiger partial charge on any atom is 0.339 e. The van der Waals surface area contributed by atoms with Crippen LogP contribution >= 0.6 is 23.2 Å². The molecule has 0 spiro atoms. The van der Waals surface area contributed by atoms with Crippen LogP contribution in [0.15, 0.2) is 12.1 Å². The van der Waals surface area contributed by atoms with E-state index in [9.17, 15) is 14.4 Å². The van der Waals surface area contributed by atoms with Gasteiger partial charge in [0.2, 0.25) is 5.91 Å². The number of amides is 1. The van der Waals surface area contributed by atoms with E-state index in [2.05, 4.69) is 12.2 Å². The SMILES string of the molecule is CCCCCCCCCCCCOC(=O)c1cc(NC(=O)C(C)C(=O)C2(CC)CC2)c(Cl)cc1Cl. The third kappa shape index (κ3) is 9.09. The number of esters is 1. The molecule has 7 heteroatoms. The normalized spacial score (nSPS) is 14.9. The molecular weight excluding hydrogens is 485 g/mol. The molecule has 35 heavy (non-hydrogen) atoms. The van der Waals surface area contributed by atoms with Crippen molar-refractivity contribution in [3.63, 3.8) is 0 Å². The van der Waals surface area contributed by atoms with Crippen LogP contribution in [0.3, 0.4) is 0 Å². The summed E-state index contributed by atoms with van der Waals surface area (Å²) in [5, 5.41) is 3.05. The predicted octanol–water partition coefficient (Wildman–Crippen LogP) is 8.41. The van der Waals surface area contributed by atoms with Gasteiger partial charge in [0, 0.05) is 5.41 Å². The highest BCUT2D eigenvalue weighted by Gasteiger charge is 2.50. The fraction of sp³-hybridized carbons (Fsp3) is 0.679. The number of carbonyl (C=O) groups excluding carboxylic acids is 3. The van der Waals surface area contributed by atoms with Crippen molar-refractivity contribution < 1.29 is 19.1 Å². The number of carbonyl (C=O) groups is 3. The smallest absolute Gasteiger partial charge is 0.339 e. The molecule has 1 aromatic rings. The van der Waals surface area contributed by atoms with Crippen molar-refractivity contribution in [3.05, 3.63) is 27.7 Å². The number of rotatable bonds is 17. The van der Waals surface area contributed by atoms with Crippen molar-refractivity contribution in [2.75, 3.05) is 11.9 Å². The molecule has 1 amide bonds. The average Bonchev–Trinajstić information content (AvgIpc) is 3.64. The Morgan fingerprint density at radius 2 is 1.49 bits per heavy atom. The maximum absolute atomic E-state index is 12.7. The Balaban J connectivity index is 1.79. The molecule has 1 saturated carbocycles. The maximum atomic E-state index is 12.7. The number of benzene rings is 1. The van der Waals surface area contributed by atoms with E-state index in [1.165, 1.54) is 57.1 Å². The summed E-state index contributed by atoms with van der Waals surface area (Å²) in [6.45, 7) is 6.13. The number of hydrogen-bond acceptors (Lipinski definition) is 4. The zero-order chi connectivity index (χ0) is 25.8. The van der Waals surface area contributed by atoms with Gasteiger partial charge in [-0.15, -0.1) is 0 Å². The lowest BCUT2D eigenvalue weighted by Crippen LogP contribution is -2.32. The fourth-order valence-electron chi connectivity index (χ4n) is 4.38. The summed E-state index contributed by atoms with van der Waals surface area (Å²) in [4.78, 5) is 38.0. The number of unbranched alkanes of at least 4 members (excludes halogenated alkanes) is 9. The average molecular weight is 527 g/mol. The summed E-state index contributed by atoms with van der Waals surface area (Å²) >= 11 is 12.5. The van der Waals surface area contributed by atoms with Crippen molar-refractivity contribution in [1.82, 2.24) is 0 Å². The molecule has 1 N–H and O–H groups in total. The van der Waals surface area contributed by atoms with E-state index in [0.717, 1.165) is 38.5 Å². The highest BCUT2D eigenvalue weighted by atomic mass is 35.5. The van der Waals surface area contributed by atoms with E-state index in [0.29, 0.717) is 6.61 Å². The molecule has 1 aliphatic carbocycles. The van der Waals surface area contributed by atoms with Gasteiger partial charge in [-0.05, 0) is 44.7 Å². The number of nitrogens with one attached hydrogen (secondary N) is 1. The zero-order valence-electron chi connectivity index (χ0n) is 21.5. The molecule has 1 unspecified atom stereocenters. The second-order valence-corrected chi connectivity index (χ2v) is 10.7. The third-order valence-corrected chi connectivity index (χ3v) is 7.73. The van der Waals surface area contributed by atoms with Crippen LogP contribution < -0.4 is 5.32 Å². The Morgan fingerprint density at radius 3 is 2.03 bits per heavy atom. The van der Waals surface area contributed by atoms with Crippen LogP contribution in [-0.4, -0.2) is 24.3 Å². The van der Waals surface area contributed by atoms with Crippen molar-refractivity contribution in [2.45, 2.75) is 104 Å². The lowest BCUT2D eigenvalue weighted by atomic mass is 9.88. The molecule has 0 bridgehead atoms. The number of anilines is 1. The molecule has 196 valence electrons. The van der Waals surface area contributed by atoms with E-state index in [-0.39, 0.29) is 32.5 Å². The molecule has 1 atom stereocenters. The Bertz CT molecular complexity index is 867. The molecule has 0 aliphatic heterocycles. The second kappa shape index (κ2) is 14.8. The van der Waals surface area contributed by atoms with Gasteiger partial charge in [0.25, 0.3) is 0 Å². The molecule has 1 aromatic carbocycles. The first-order chi connectivity index (χ1) is 16.8. The lowest BCUT2D eigenvalue weighted by Gasteiger charge is -2.18. The molecule has 1 aliphatic rings. The van der Waals surface area contributed by atoms with E-state index < -0.39 is 17.8 Å². The van der Waals surface area contributed by atoms with E-state index in [1.54, 1.807) is 6.92 Å². The van der Waals surface area contributed by atoms with E-state index >= 15 is 0 Å². The summed E-state index contributed by atoms with van der Waals surface area (Å²) in [7, 11) is 0. The zero-order valence-corrected chi connectivity index (χ0v) is 23.0. The van der Waals surface area contributed by atoms with Crippen LogP contribution in [0.25, 0.3) is 0 Å². The minimum absolute atomic E-state index is 0.0429. The fourth-order valence-corrected chi connectivity index (χ4v) is 4.89. The predicted molar refractivity (Wildman–Crippen MR) is 143 cm³/mol. The van der Waals surface area contributed by atoms with Gasteiger partial charge in [0.05, 0.1) is 33.8 Å². The van der Waals surface area contributed by atoms with Gasteiger partial charge in [0.15, 0.2) is 5.78 Å². The van der Waals surface area contributed by atoms with Gasteiger partial charge >= 0.3 is 5.97 Å². The Morgan fingerprint density at radius 1 is 0.914 bits per heavy atom. The van der Waals surface area contributed by atoms with E-state index in [4.69, 9.17) is 27.9 Å². The highest BCUT2D eigenvalue weighted by molar-refractivity contribution is 6.38. The highest BCUT2D eigenvalue weighted by Crippen LogP contribution is 2.51. The summed E-state index contributed by atoms with van der Waals surface area (Å²) in [5.41, 5.74) is 0.0297. The quantitative estimate of drug-likeness (QED) is 0.126. The summed E-state index contributed by atoms with van der Waals surface area (Å²) < 4.78 is 5.40. The van der Waals surface area contributed by atoms with Crippen molar-refractivity contribution in [1.29, 1.82) is 0 Å². The van der Waals surface area contributed by atoms with Crippen LogP contribution in [0.2, 0.25) is 10.0 Å². The first-order valence-electron chi connectivity index (χ1n) is 13.3. The summed E-state index contributed by atoms with van der Waals surface area (Å²) in [5.74, 6) is -1.83. The van der Waals surface area contributed by atoms with E-state index in [1.807, 2.05) is 6.92 Å². The van der Waals surface area contributed by atoms with Gasteiger partial charge in [-0.25, -0.2) is 4.79 Å². The van der Waals surface area contributed by atoms with Crippen molar-refractivity contribution >= 4 is 46.5 Å². The monoisotopic (exact) mass is 525 g/mol. The summed E-state index contributed by atoms with van der Waals surface area (Å²) in [6.07, 6.45) is 14.4. The number of Topliss-reactive ketones (excluding diaryl/α,β-unsaturated/α-hetero) is 1. The van der Waals surface area contributed by atoms with Gasteiger partial charge in [-0.2, -0.15) is 0 Å². The minimum atomic E-state index is -0.795. The molecule has 0 heterocycles. The Kier molecular flexibility index (Phi) is 12.6. The van der Waals surface area contributed by atoms with Gasteiger partial charge in [-0.3, -0.25) is 9.59 Å². The van der Waals surface area contributed by atoms with Crippen LogP contribution in [0.5, 0.6) is 0 Å². The van der Waals surface area contributed by atoms with Crippen LogP contribution in [0.4, 0.5) is 5.69 Å². The van der Waals surface area contributed by atoms with Crippen LogP contribution in [0.1, 0.15) is 115 Å².